The second-order valence-corrected chi connectivity index (χ2v) is 8.04. The lowest BCUT2D eigenvalue weighted by atomic mass is 9.73. The summed E-state index contributed by atoms with van der Waals surface area (Å²) in [5.74, 6) is -0.247. The van der Waals surface area contributed by atoms with Crippen LogP contribution in [0.3, 0.4) is 0 Å². The predicted molar refractivity (Wildman–Crippen MR) is 120 cm³/mol. The highest BCUT2D eigenvalue weighted by Gasteiger charge is 2.40. The normalized spacial score (nSPS) is 14.5. The van der Waals surface area contributed by atoms with E-state index in [0.717, 1.165) is 12.8 Å². The van der Waals surface area contributed by atoms with Gasteiger partial charge in [0.05, 0.1) is 22.6 Å². The lowest BCUT2D eigenvalue weighted by molar-refractivity contribution is 0.106. The van der Waals surface area contributed by atoms with E-state index in [4.69, 9.17) is 0 Å². The quantitative estimate of drug-likeness (QED) is 0.106. The Hall–Kier alpha value is -1.29. The molecule has 0 heterocycles. The van der Waals surface area contributed by atoms with Gasteiger partial charge in [0.15, 0.2) is 3.72 Å². The van der Waals surface area contributed by atoms with Gasteiger partial charge in [0.1, 0.15) is 0 Å². The molecule has 0 N–H and O–H groups in total. The molecule has 6 heteroatoms. The summed E-state index contributed by atoms with van der Waals surface area (Å²) in [6, 6.07) is 14.3. The van der Waals surface area contributed by atoms with E-state index in [2.05, 4.69) is 48.1 Å². The molecule has 0 aliphatic heterocycles. The van der Waals surface area contributed by atoms with Crippen molar-refractivity contribution in [3.05, 3.63) is 59.2 Å². The van der Waals surface area contributed by atoms with Gasteiger partial charge in [-0.2, -0.15) is 0 Å². The molecule has 26 heavy (non-hydrogen) atoms. The minimum atomic E-state index is -0.579. The van der Waals surface area contributed by atoms with Crippen molar-refractivity contribution >= 4 is 58.7 Å². The van der Waals surface area contributed by atoms with Crippen molar-refractivity contribution < 1.29 is 14.4 Å². The second-order valence-electron chi connectivity index (χ2n) is 6.14. The lowest BCUT2D eigenvalue weighted by Gasteiger charge is -2.29. The molecular formula is C20H17I2NO3. The molecule has 0 radical (unpaired) electrons. The molecule has 0 saturated carbocycles. The monoisotopic (exact) mass is 573 g/mol. The summed E-state index contributed by atoms with van der Waals surface area (Å²) in [5.41, 5.74) is 5.41. The Morgan fingerprint density at radius 1 is 1.00 bits per heavy atom. The van der Waals surface area contributed by atoms with Crippen LogP contribution in [-0.2, 0) is 10.3 Å². The van der Waals surface area contributed by atoms with Gasteiger partial charge in [0.2, 0.25) is 5.78 Å². The van der Waals surface area contributed by atoms with Crippen molar-refractivity contribution in [3.63, 3.8) is 0 Å². The van der Waals surface area contributed by atoms with Gasteiger partial charge in [-0.3, -0.25) is 4.79 Å². The van der Waals surface area contributed by atoms with Crippen LogP contribution in [0.25, 0.3) is 11.1 Å². The van der Waals surface area contributed by atoms with E-state index in [1.165, 1.54) is 44.8 Å². The standard InChI is InChI=1S/C20H17I2NO3/c1-3-20(4-2)15-8-6-5-7-13(15)14-10-9-12(11-16(14)20)17(24)18(21)23-26-19(22)25/h5-11H,3-4H2,1-2H3/b23-18-. The van der Waals surface area contributed by atoms with Crippen LogP contribution < -0.4 is 0 Å². The third-order valence-electron chi connectivity index (χ3n) is 5.12. The van der Waals surface area contributed by atoms with Crippen LogP contribution in [0.15, 0.2) is 47.6 Å². The molecule has 0 atom stereocenters. The van der Waals surface area contributed by atoms with Gasteiger partial charge < -0.3 is 4.84 Å². The van der Waals surface area contributed by atoms with Gasteiger partial charge >= 0.3 is 3.98 Å². The first-order chi connectivity index (χ1) is 12.4. The number of fused-ring (bicyclic) bond motifs is 3. The maximum absolute atomic E-state index is 12.7. The van der Waals surface area contributed by atoms with Crippen molar-refractivity contribution in [3.8, 4) is 11.1 Å². The van der Waals surface area contributed by atoms with Gasteiger partial charge in [-0.05, 0) is 63.8 Å². The Morgan fingerprint density at radius 2 is 1.65 bits per heavy atom. The zero-order valence-electron chi connectivity index (χ0n) is 14.4. The number of halogens is 2. The number of Topliss-reactive ketones (excluding diaryl/α,β-unsaturated/α-hetero) is 1. The molecule has 134 valence electrons. The molecule has 3 rings (SSSR count). The lowest BCUT2D eigenvalue weighted by Crippen LogP contribution is -2.23. The fourth-order valence-electron chi connectivity index (χ4n) is 3.84. The number of rotatable bonds is 5. The first kappa shape index (κ1) is 19.5. The highest BCUT2D eigenvalue weighted by Crippen LogP contribution is 2.52. The van der Waals surface area contributed by atoms with Crippen LogP contribution >= 0.6 is 45.2 Å². The number of benzene rings is 2. The van der Waals surface area contributed by atoms with Gasteiger partial charge in [-0.1, -0.05) is 55.4 Å². The molecule has 0 bridgehead atoms. The topological polar surface area (TPSA) is 55.7 Å². The van der Waals surface area contributed by atoms with E-state index in [9.17, 15) is 9.59 Å². The van der Waals surface area contributed by atoms with Crippen LogP contribution in [0.4, 0.5) is 4.79 Å². The Labute approximate surface area is 179 Å². The molecule has 0 spiro atoms. The van der Waals surface area contributed by atoms with Crippen molar-refractivity contribution in [2.75, 3.05) is 0 Å². The Balaban J connectivity index is 2.09. The number of ketones is 1. The average molecular weight is 573 g/mol. The number of hydrogen-bond acceptors (Lipinski definition) is 4. The fourth-order valence-corrected chi connectivity index (χ4v) is 4.35. The summed E-state index contributed by atoms with van der Waals surface area (Å²) in [5, 5.41) is 3.61. The van der Waals surface area contributed by atoms with E-state index >= 15 is 0 Å². The van der Waals surface area contributed by atoms with E-state index in [0.29, 0.717) is 5.56 Å². The third-order valence-corrected chi connectivity index (χ3v) is 6.01. The van der Waals surface area contributed by atoms with Gasteiger partial charge in [0.25, 0.3) is 0 Å². The molecule has 2 aromatic carbocycles. The van der Waals surface area contributed by atoms with E-state index < -0.39 is 3.98 Å². The fraction of sp³-hybridized carbons (Fsp3) is 0.250. The van der Waals surface area contributed by atoms with Gasteiger partial charge in [-0.25, -0.2) is 4.79 Å². The number of oxime groups is 1. The number of nitrogens with zero attached hydrogens (tertiary/aromatic N) is 1. The minimum Gasteiger partial charge on any atom is -0.306 e. The van der Waals surface area contributed by atoms with Crippen LogP contribution in [0.2, 0.25) is 0 Å². The molecule has 0 amide bonds. The summed E-state index contributed by atoms with van der Waals surface area (Å²) in [6.07, 6.45) is 1.92. The Bertz CT molecular complexity index is 917. The molecule has 0 unspecified atom stereocenters. The number of carbonyl (C=O) groups excluding carboxylic acids is 2. The highest BCUT2D eigenvalue weighted by atomic mass is 127. The van der Waals surface area contributed by atoms with Crippen LogP contribution in [0.1, 0.15) is 48.2 Å². The molecule has 0 fully saturated rings. The van der Waals surface area contributed by atoms with Crippen molar-refractivity contribution in [2.45, 2.75) is 32.1 Å². The molecule has 1 aliphatic carbocycles. The molecule has 2 aromatic rings. The Kier molecular flexibility index (Phi) is 5.81. The van der Waals surface area contributed by atoms with E-state index in [-0.39, 0.29) is 14.9 Å². The van der Waals surface area contributed by atoms with Crippen LogP contribution in [-0.4, -0.2) is 13.5 Å². The Morgan fingerprint density at radius 3 is 2.31 bits per heavy atom. The molecular weight excluding hydrogens is 556 g/mol. The van der Waals surface area contributed by atoms with Crippen molar-refractivity contribution in [1.82, 2.24) is 0 Å². The summed E-state index contributed by atoms with van der Waals surface area (Å²) >= 11 is 3.27. The van der Waals surface area contributed by atoms with Gasteiger partial charge in [-0.15, -0.1) is 0 Å². The zero-order chi connectivity index (χ0) is 18.9. The zero-order valence-corrected chi connectivity index (χ0v) is 18.7. The summed E-state index contributed by atoms with van der Waals surface area (Å²) < 4.78 is -0.452. The van der Waals surface area contributed by atoms with Crippen LogP contribution in [0.5, 0.6) is 0 Å². The molecule has 4 nitrogen and oxygen atoms in total. The molecule has 1 aliphatic rings. The molecule has 0 saturated heterocycles. The van der Waals surface area contributed by atoms with Crippen molar-refractivity contribution in [2.24, 2.45) is 5.16 Å². The highest BCUT2D eigenvalue weighted by molar-refractivity contribution is 14.1. The SMILES string of the molecule is CCC1(CC)c2ccccc2-c2ccc(C(=O)/C(I)=N/OC(=O)I)cc21. The van der Waals surface area contributed by atoms with Crippen molar-refractivity contribution in [1.29, 1.82) is 0 Å². The smallest absolute Gasteiger partial charge is 0.306 e. The predicted octanol–water partition coefficient (Wildman–Crippen LogP) is 6.28. The number of hydrogen-bond donors (Lipinski definition) is 0. The maximum atomic E-state index is 12.7. The second kappa shape index (κ2) is 7.75. The van der Waals surface area contributed by atoms with Gasteiger partial charge in [0, 0.05) is 11.0 Å². The first-order valence-corrected chi connectivity index (χ1v) is 10.5. The largest absolute Gasteiger partial charge is 0.393 e. The summed E-state index contributed by atoms with van der Waals surface area (Å²) in [6.45, 7) is 4.38. The van der Waals surface area contributed by atoms with E-state index in [1.807, 2.05) is 18.2 Å². The first-order valence-electron chi connectivity index (χ1n) is 8.33. The van der Waals surface area contributed by atoms with E-state index in [1.54, 1.807) is 22.6 Å². The number of carbonyl (C=O) groups is 2. The van der Waals surface area contributed by atoms with Crippen LogP contribution in [0, 0.1) is 0 Å². The molecule has 0 aromatic heterocycles. The average Bonchev–Trinajstić information content (AvgIpc) is 2.95. The minimum absolute atomic E-state index is 0.0839. The third kappa shape index (κ3) is 3.21. The summed E-state index contributed by atoms with van der Waals surface area (Å²) in [4.78, 5) is 28.2. The maximum Gasteiger partial charge on any atom is 0.393 e. The summed E-state index contributed by atoms with van der Waals surface area (Å²) in [7, 11) is 0.